The Kier molecular flexibility index (Phi) is 6.31. The van der Waals surface area contributed by atoms with Crippen LogP contribution in [-0.4, -0.2) is 5.78 Å². The van der Waals surface area contributed by atoms with E-state index in [9.17, 15) is 4.79 Å². The minimum atomic E-state index is 0.232. The van der Waals surface area contributed by atoms with E-state index in [-0.39, 0.29) is 5.78 Å². The van der Waals surface area contributed by atoms with Gasteiger partial charge in [-0.2, -0.15) is 0 Å². The van der Waals surface area contributed by atoms with E-state index in [2.05, 4.69) is 25.1 Å². The van der Waals surface area contributed by atoms with Gasteiger partial charge in [-0.3, -0.25) is 4.79 Å². The third kappa shape index (κ3) is 5.48. The minimum absolute atomic E-state index is 0.232. The van der Waals surface area contributed by atoms with Crippen molar-refractivity contribution in [3.63, 3.8) is 0 Å². The summed E-state index contributed by atoms with van der Waals surface area (Å²) in [6.07, 6.45) is 7.57. The lowest BCUT2D eigenvalue weighted by Gasteiger charge is -2.06. The molecule has 0 saturated carbocycles. The second-order valence-electron chi connectivity index (χ2n) is 4.47. The van der Waals surface area contributed by atoms with Crippen LogP contribution in [0.3, 0.4) is 0 Å². The highest BCUT2D eigenvalue weighted by Crippen LogP contribution is 2.19. The van der Waals surface area contributed by atoms with Crippen LogP contribution in [0.2, 0.25) is 0 Å². The van der Waals surface area contributed by atoms with E-state index in [0.29, 0.717) is 6.42 Å². The van der Waals surface area contributed by atoms with Gasteiger partial charge in [-0.1, -0.05) is 56.2 Å². The number of ketones is 1. The zero-order valence-electron chi connectivity index (χ0n) is 10.9. The van der Waals surface area contributed by atoms with Crippen molar-refractivity contribution in [1.82, 2.24) is 0 Å². The summed E-state index contributed by atoms with van der Waals surface area (Å²) in [5, 5.41) is 0. The van der Waals surface area contributed by atoms with Gasteiger partial charge in [-0.05, 0) is 30.9 Å². The van der Waals surface area contributed by atoms with E-state index >= 15 is 0 Å². The fraction of sp³-hybridized carbons (Fsp3) is 0.438. The van der Waals surface area contributed by atoms with Crippen molar-refractivity contribution in [2.24, 2.45) is 0 Å². The number of carbonyl (C=O) groups is 1. The second-order valence-corrected chi connectivity index (χ2v) is 4.47. The minimum Gasteiger partial charge on any atom is -0.300 e. The molecule has 1 rings (SSSR count). The van der Waals surface area contributed by atoms with Crippen molar-refractivity contribution >= 4 is 11.4 Å². The number of benzene rings is 1. The normalized spacial score (nSPS) is 11.5. The zero-order chi connectivity index (χ0) is 12.5. The predicted octanol–water partition coefficient (Wildman–Crippen LogP) is 4.63. The van der Waals surface area contributed by atoms with Crippen molar-refractivity contribution in [2.75, 3.05) is 0 Å². The van der Waals surface area contributed by atoms with E-state index in [1.807, 2.05) is 18.2 Å². The van der Waals surface area contributed by atoms with Crippen molar-refractivity contribution in [3.05, 3.63) is 42.0 Å². The second kappa shape index (κ2) is 7.83. The Hall–Kier alpha value is -1.37. The first-order valence-electron chi connectivity index (χ1n) is 6.48. The lowest BCUT2D eigenvalue weighted by atomic mass is 9.99. The van der Waals surface area contributed by atoms with Gasteiger partial charge >= 0.3 is 0 Å². The van der Waals surface area contributed by atoms with Gasteiger partial charge in [0.2, 0.25) is 0 Å². The summed E-state index contributed by atoms with van der Waals surface area (Å²) in [6.45, 7) is 3.86. The molecule has 0 aliphatic carbocycles. The van der Waals surface area contributed by atoms with Crippen molar-refractivity contribution in [3.8, 4) is 0 Å². The van der Waals surface area contributed by atoms with Gasteiger partial charge in [0.1, 0.15) is 5.78 Å². The van der Waals surface area contributed by atoms with E-state index < -0.39 is 0 Å². The van der Waals surface area contributed by atoms with Crippen molar-refractivity contribution < 1.29 is 4.79 Å². The first kappa shape index (κ1) is 13.7. The molecule has 1 aromatic rings. The molecule has 0 aliphatic rings. The predicted molar refractivity (Wildman–Crippen MR) is 73.9 cm³/mol. The molecule has 0 atom stereocenters. The number of Topliss-reactive ketones (excluding diaryl/α,β-unsaturated/α-hetero) is 1. The molecule has 1 heteroatoms. The summed E-state index contributed by atoms with van der Waals surface area (Å²) >= 11 is 0. The molecular weight excluding hydrogens is 208 g/mol. The fourth-order valence-corrected chi connectivity index (χ4v) is 1.88. The molecule has 0 heterocycles. The van der Waals surface area contributed by atoms with Crippen LogP contribution < -0.4 is 0 Å². The molecule has 0 unspecified atom stereocenters. The van der Waals surface area contributed by atoms with E-state index in [0.717, 1.165) is 6.42 Å². The Bertz CT molecular complexity index is 362. The summed E-state index contributed by atoms with van der Waals surface area (Å²) in [5.41, 5.74) is 2.36. The molecule has 0 amide bonds. The standard InChI is InChI=1S/C16H22O/c1-3-4-5-7-12-16(13-14(2)17)15-10-8-6-9-11-15/h6,8-12H,3-5,7,13H2,1-2H3/b16-12-. The van der Waals surface area contributed by atoms with Gasteiger partial charge in [0.05, 0.1) is 0 Å². The summed E-state index contributed by atoms with van der Waals surface area (Å²) < 4.78 is 0. The SMILES string of the molecule is CCCCC/C=C(/CC(C)=O)c1ccccc1. The Morgan fingerprint density at radius 1 is 1.18 bits per heavy atom. The van der Waals surface area contributed by atoms with Crippen LogP contribution in [0.25, 0.3) is 5.57 Å². The Morgan fingerprint density at radius 2 is 1.88 bits per heavy atom. The van der Waals surface area contributed by atoms with Crippen LogP contribution in [0, 0.1) is 0 Å². The van der Waals surface area contributed by atoms with Gasteiger partial charge in [-0.25, -0.2) is 0 Å². The van der Waals surface area contributed by atoms with Gasteiger partial charge in [0, 0.05) is 6.42 Å². The summed E-state index contributed by atoms with van der Waals surface area (Å²) in [7, 11) is 0. The first-order chi connectivity index (χ1) is 8.24. The first-order valence-corrected chi connectivity index (χ1v) is 6.48. The Labute approximate surface area is 105 Å². The summed E-state index contributed by atoms with van der Waals surface area (Å²) in [5.74, 6) is 0.232. The number of unbranched alkanes of at least 4 members (excludes halogenated alkanes) is 3. The Balaban J connectivity index is 2.70. The average Bonchev–Trinajstić information content (AvgIpc) is 2.34. The molecule has 0 radical (unpaired) electrons. The topological polar surface area (TPSA) is 17.1 Å². The zero-order valence-corrected chi connectivity index (χ0v) is 10.9. The van der Waals surface area contributed by atoms with E-state index in [1.165, 1.54) is 30.4 Å². The monoisotopic (exact) mass is 230 g/mol. The van der Waals surface area contributed by atoms with Crippen LogP contribution >= 0.6 is 0 Å². The van der Waals surface area contributed by atoms with Gasteiger partial charge in [0.25, 0.3) is 0 Å². The number of carbonyl (C=O) groups excluding carboxylic acids is 1. The third-order valence-electron chi connectivity index (χ3n) is 2.78. The molecule has 0 saturated heterocycles. The molecule has 0 N–H and O–H groups in total. The highest BCUT2D eigenvalue weighted by molar-refractivity contribution is 5.88. The molecule has 92 valence electrons. The number of rotatable bonds is 7. The average molecular weight is 230 g/mol. The molecule has 0 aliphatic heterocycles. The highest BCUT2D eigenvalue weighted by atomic mass is 16.1. The van der Waals surface area contributed by atoms with Gasteiger partial charge in [-0.15, -0.1) is 0 Å². The molecule has 1 nitrogen and oxygen atoms in total. The largest absolute Gasteiger partial charge is 0.300 e. The summed E-state index contributed by atoms with van der Waals surface area (Å²) in [4.78, 5) is 11.3. The lowest BCUT2D eigenvalue weighted by Crippen LogP contribution is -1.93. The van der Waals surface area contributed by atoms with Gasteiger partial charge < -0.3 is 0 Å². The number of allylic oxidation sites excluding steroid dienone is 2. The van der Waals surface area contributed by atoms with Crippen LogP contribution in [0.15, 0.2) is 36.4 Å². The smallest absolute Gasteiger partial charge is 0.134 e. The van der Waals surface area contributed by atoms with Gasteiger partial charge in [0.15, 0.2) is 0 Å². The third-order valence-corrected chi connectivity index (χ3v) is 2.78. The van der Waals surface area contributed by atoms with Crippen LogP contribution in [0.5, 0.6) is 0 Å². The highest BCUT2D eigenvalue weighted by Gasteiger charge is 2.03. The fourth-order valence-electron chi connectivity index (χ4n) is 1.88. The molecule has 1 aromatic carbocycles. The summed E-state index contributed by atoms with van der Waals surface area (Å²) in [6, 6.07) is 10.2. The molecule has 17 heavy (non-hydrogen) atoms. The molecular formula is C16H22O. The van der Waals surface area contributed by atoms with Crippen LogP contribution in [0.1, 0.15) is 51.5 Å². The molecule has 0 spiro atoms. The maximum atomic E-state index is 11.3. The molecule has 0 bridgehead atoms. The van der Waals surface area contributed by atoms with Crippen LogP contribution in [-0.2, 0) is 4.79 Å². The number of hydrogen-bond donors (Lipinski definition) is 0. The quantitative estimate of drug-likeness (QED) is 0.624. The van der Waals surface area contributed by atoms with Crippen LogP contribution in [0.4, 0.5) is 0 Å². The molecule has 0 aromatic heterocycles. The van der Waals surface area contributed by atoms with E-state index in [1.54, 1.807) is 6.92 Å². The maximum Gasteiger partial charge on any atom is 0.134 e. The Morgan fingerprint density at radius 3 is 2.47 bits per heavy atom. The maximum absolute atomic E-state index is 11.3. The van der Waals surface area contributed by atoms with Crippen molar-refractivity contribution in [2.45, 2.75) is 46.0 Å². The lowest BCUT2D eigenvalue weighted by molar-refractivity contribution is -0.116. The number of hydrogen-bond acceptors (Lipinski definition) is 1. The van der Waals surface area contributed by atoms with E-state index in [4.69, 9.17) is 0 Å². The van der Waals surface area contributed by atoms with Crippen molar-refractivity contribution in [1.29, 1.82) is 0 Å². The molecule has 0 fully saturated rings.